The van der Waals surface area contributed by atoms with Crippen LogP contribution in [-0.4, -0.2) is 5.97 Å². The van der Waals surface area contributed by atoms with Crippen molar-refractivity contribution in [2.75, 3.05) is 0 Å². The highest BCUT2D eigenvalue weighted by molar-refractivity contribution is 5.95. The van der Waals surface area contributed by atoms with E-state index < -0.39 is 17.5 Å². The quantitative estimate of drug-likeness (QED) is 0.588. The summed E-state index contributed by atoms with van der Waals surface area (Å²) in [6, 6.07) is 13.2. The summed E-state index contributed by atoms with van der Waals surface area (Å²) in [7, 11) is 0. The Labute approximate surface area is 144 Å². The SMILES string of the molecule is CCC12OC=C3C(=O)Oc4ccccc4C3(Oc3cc(C)ccc31)O2. The van der Waals surface area contributed by atoms with Crippen molar-refractivity contribution in [3.63, 3.8) is 0 Å². The molecule has 2 aromatic rings. The number of para-hydroxylation sites is 1. The van der Waals surface area contributed by atoms with E-state index in [9.17, 15) is 4.79 Å². The molecule has 5 rings (SSSR count). The van der Waals surface area contributed by atoms with Crippen LogP contribution >= 0.6 is 0 Å². The molecule has 0 aliphatic carbocycles. The third kappa shape index (κ3) is 1.73. The molecule has 126 valence electrons. The molecular weight excluding hydrogens is 320 g/mol. The first kappa shape index (κ1) is 14.5. The summed E-state index contributed by atoms with van der Waals surface area (Å²) in [5.74, 6) is -1.80. The van der Waals surface area contributed by atoms with Crippen molar-refractivity contribution in [2.24, 2.45) is 0 Å². The largest absolute Gasteiger partial charge is 0.464 e. The minimum Gasteiger partial charge on any atom is -0.464 e. The van der Waals surface area contributed by atoms with E-state index in [-0.39, 0.29) is 5.57 Å². The zero-order valence-electron chi connectivity index (χ0n) is 13.9. The molecule has 1 spiro atoms. The molecule has 2 atom stereocenters. The van der Waals surface area contributed by atoms with Crippen LogP contribution in [0.5, 0.6) is 11.5 Å². The fraction of sp³-hybridized carbons (Fsp3) is 0.250. The lowest BCUT2D eigenvalue weighted by Crippen LogP contribution is -2.56. The van der Waals surface area contributed by atoms with Gasteiger partial charge in [0.05, 0.1) is 11.1 Å². The van der Waals surface area contributed by atoms with Gasteiger partial charge in [-0.25, -0.2) is 4.79 Å². The van der Waals surface area contributed by atoms with E-state index in [4.69, 9.17) is 18.9 Å². The highest BCUT2D eigenvalue weighted by atomic mass is 16.8. The number of rotatable bonds is 1. The Hall–Kier alpha value is -2.79. The average molecular weight is 336 g/mol. The first-order valence-corrected chi connectivity index (χ1v) is 8.28. The summed E-state index contributed by atoms with van der Waals surface area (Å²) in [6.07, 6.45) is 1.99. The van der Waals surface area contributed by atoms with Gasteiger partial charge in [0.2, 0.25) is 5.79 Å². The van der Waals surface area contributed by atoms with E-state index in [0.29, 0.717) is 23.5 Å². The van der Waals surface area contributed by atoms with Crippen LogP contribution in [0.25, 0.3) is 0 Å². The second-order valence-electron chi connectivity index (χ2n) is 6.46. The Morgan fingerprint density at radius 2 is 1.88 bits per heavy atom. The Morgan fingerprint density at radius 3 is 2.72 bits per heavy atom. The summed E-state index contributed by atoms with van der Waals surface area (Å²) in [5, 5.41) is 0. The van der Waals surface area contributed by atoms with Crippen LogP contribution in [0.2, 0.25) is 0 Å². The Morgan fingerprint density at radius 1 is 1.04 bits per heavy atom. The summed E-state index contributed by atoms with van der Waals surface area (Å²) in [6.45, 7) is 3.97. The topological polar surface area (TPSA) is 54.0 Å². The Bertz CT molecular complexity index is 947. The first-order chi connectivity index (χ1) is 12.1. The maximum Gasteiger partial charge on any atom is 0.349 e. The van der Waals surface area contributed by atoms with Gasteiger partial charge >= 0.3 is 5.97 Å². The molecule has 0 N–H and O–H groups in total. The van der Waals surface area contributed by atoms with Crippen LogP contribution in [0.3, 0.4) is 0 Å². The highest BCUT2D eigenvalue weighted by Crippen LogP contribution is 2.57. The molecule has 2 aromatic carbocycles. The second-order valence-corrected chi connectivity index (χ2v) is 6.46. The van der Waals surface area contributed by atoms with E-state index in [1.165, 1.54) is 6.26 Å². The highest BCUT2D eigenvalue weighted by Gasteiger charge is 2.62. The van der Waals surface area contributed by atoms with Crippen molar-refractivity contribution in [1.82, 2.24) is 0 Å². The Balaban J connectivity index is 1.83. The van der Waals surface area contributed by atoms with E-state index in [2.05, 4.69) is 0 Å². The van der Waals surface area contributed by atoms with Crippen LogP contribution in [0.4, 0.5) is 0 Å². The number of ether oxygens (including phenoxy) is 4. The lowest BCUT2D eigenvalue weighted by molar-refractivity contribution is -0.357. The van der Waals surface area contributed by atoms with Gasteiger partial charge in [-0.15, -0.1) is 0 Å². The van der Waals surface area contributed by atoms with Crippen LogP contribution in [0, 0.1) is 6.92 Å². The second kappa shape index (κ2) is 4.64. The molecule has 3 heterocycles. The fourth-order valence-electron chi connectivity index (χ4n) is 3.69. The summed E-state index contributed by atoms with van der Waals surface area (Å²) in [5.41, 5.74) is 2.74. The summed E-state index contributed by atoms with van der Waals surface area (Å²) in [4.78, 5) is 12.5. The molecule has 3 aliphatic heterocycles. The number of carbonyl (C=O) groups excluding carboxylic acids is 1. The third-order valence-corrected chi connectivity index (χ3v) is 4.96. The van der Waals surface area contributed by atoms with Crippen molar-refractivity contribution in [1.29, 1.82) is 0 Å². The molecule has 0 amide bonds. The predicted molar refractivity (Wildman–Crippen MR) is 87.8 cm³/mol. The number of aryl methyl sites for hydroxylation is 1. The van der Waals surface area contributed by atoms with Crippen molar-refractivity contribution < 1.29 is 23.7 Å². The molecule has 5 heteroatoms. The maximum atomic E-state index is 12.5. The molecular formula is C20H16O5. The third-order valence-electron chi connectivity index (χ3n) is 4.96. The molecule has 2 unspecified atom stereocenters. The van der Waals surface area contributed by atoms with Gasteiger partial charge in [0.15, 0.2) is 0 Å². The molecule has 2 bridgehead atoms. The predicted octanol–water partition coefficient (Wildman–Crippen LogP) is 3.65. The standard InChI is InChI=1S/C20H16O5/c1-3-19-13-9-8-12(2)10-17(13)24-20(25-19)14-6-4-5-7-16(14)23-18(21)15(20)11-22-19/h4-11H,3H2,1-2H3. The number of benzene rings is 2. The fourth-order valence-corrected chi connectivity index (χ4v) is 3.69. The number of carbonyl (C=O) groups is 1. The first-order valence-electron chi connectivity index (χ1n) is 8.28. The molecule has 0 fully saturated rings. The lowest BCUT2D eigenvalue weighted by Gasteiger charge is -2.51. The summed E-state index contributed by atoms with van der Waals surface area (Å²) < 4.78 is 24.1. The molecule has 0 saturated carbocycles. The zero-order valence-corrected chi connectivity index (χ0v) is 13.9. The molecule has 0 aromatic heterocycles. The van der Waals surface area contributed by atoms with E-state index >= 15 is 0 Å². The molecule has 3 aliphatic rings. The maximum absolute atomic E-state index is 12.5. The van der Waals surface area contributed by atoms with Crippen LogP contribution in [0.1, 0.15) is 30.0 Å². The number of hydrogen-bond donors (Lipinski definition) is 0. The molecule has 0 radical (unpaired) electrons. The molecule has 5 nitrogen and oxygen atoms in total. The van der Waals surface area contributed by atoms with Crippen molar-refractivity contribution >= 4 is 5.97 Å². The monoisotopic (exact) mass is 336 g/mol. The smallest absolute Gasteiger partial charge is 0.349 e. The van der Waals surface area contributed by atoms with Crippen LogP contribution in [-0.2, 0) is 25.8 Å². The molecule has 0 saturated heterocycles. The summed E-state index contributed by atoms with van der Waals surface area (Å²) >= 11 is 0. The minimum atomic E-state index is -1.36. The van der Waals surface area contributed by atoms with Gasteiger partial charge in [0.1, 0.15) is 23.3 Å². The van der Waals surface area contributed by atoms with Crippen LogP contribution in [0.15, 0.2) is 54.3 Å². The van der Waals surface area contributed by atoms with Crippen LogP contribution < -0.4 is 9.47 Å². The van der Waals surface area contributed by atoms with E-state index in [0.717, 1.165) is 11.1 Å². The van der Waals surface area contributed by atoms with Gasteiger partial charge in [-0.05, 0) is 36.8 Å². The van der Waals surface area contributed by atoms with E-state index in [1.54, 1.807) is 6.07 Å². The average Bonchev–Trinajstić information content (AvgIpc) is 2.61. The van der Waals surface area contributed by atoms with Gasteiger partial charge in [-0.1, -0.05) is 25.1 Å². The number of esters is 1. The van der Waals surface area contributed by atoms with Crippen molar-refractivity contribution in [2.45, 2.75) is 31.8 Å². The van der Waals surface area contributed by atoms with Gasteiger partial charge < -0.3 is 14.2 Å². The normalized spacial score (nSPS) is 28.4. The lowest BCUT2D eigenvalue weighted by atomic mass is 9.88. The molecule has 25 heavy (non-hydrogen) atoms. The van der Waals surface area contributed by atoms with Crippen molar-refractivity contribution in [3.8, 4) is 11.5 Å². The van der Waals surface area contributed by atoms with Gasteiger partial charge in [0.25, 0.3) is 5.79 Å². The number of fused-ring (bicyclic) bond motifs is 4. The minimum absolute atomic E-state index is 0.211. The van der Waals surface area contributed by atoms with Gasteiger partial charge in [-0.2, -0.15) is 0 Å². The zero-order chi connectivity index (χ0) is 17.2. The van der Waals surface area contributed by atoms with E-state index in [1.807, 2.05) is 50.2 Å². The van der Waals surface area contributed by atoms with Gasteiger partial charge in [0, 0.05) is 6.42 Å². The number of hydrogen-bond acceptors (Lipinski definition) is 5. The Kier molecular flexibility index (Phi) is 2.70. The van der Waals surface area contributed by atoms with Gasteiger partial charge in [-0.3, -0.25) is 4.74 Å². The van der Waals surface area contributed by atoms with Crippen molar-refractivity contribution in [3.05, 3.63) is 71.0 Å².